The highest BCUT2D eigenvalue weighted by molar-refractivity contribution is 5.99. The molecule has 0 radical (unpaired) electrons. The molecule has 0 atom stereocenters. The molecule has 4 N–H and O–H groups in total. The zero-order valence-electron chi connectivity index (χ0n) is 9.90. The Bertz CT molecular complexity index is 506. The van der Waals surface area contributed by atoms with Crippen LogP contribution in [0.3, 0.4) is 0 Å². The smallest absolute Gasteiger partial charge is 0.277 e. The van der Waals surface area contributed by atoms with Crippen LogP contribution in [0.2, 0.25) is 0 Å². The second-order valence-electron chi connectivity index (χ2n) is 4.75. The number of carbonyl (C=O) groups is 2. The average molecular weight is 249 g/mol. The average Bonchev–Trinajstić information content (AvgIpc) is 3.12. The molecule has 0 bridgehead atoms. The van der Waals surface area contributed by atoms with Crippen LogP contribution >= 0.6 is 0 Å². The standard InChI is InChI=1S/C11H15N5O2/c12-8-9(6-1-2-6)14-15-10(8)11(18)16-4-3-13-7(17)5-16/h6H,1-5,12H2,(H,13,17)(H,14,15). The van der Waals surface area contributed by atoms with Gasteiger partial charge in [0.15, 0.2) is 5.69 Å². The van der Waals surface area contributed by atoms with E-state index in [4.69, 9.17) is 5.73 Å². The predicted octanol–water partition coefficient (Wildman–Crippen LogP) is -0.559. The third kappa shape index (κ3) is 1.81. The first-order valence-electron chi connectivity index (χ1n) is 6.06. The summed E-state index contributed by atoms with van der Waals surface area (Å²) in [4.78, 5) is 24.9. The number of hydrogen-bond acceptors (Lipinski definition) is 4. The minimum atomic E-state index is -0.273. The summed E-state index contributed by atoms with van der Waals surface area (Å²) in [5.74, 6) is 0.000304. The first-order chi connectivity index (χ1) is 8.66. The number of nitrogens with two attached hydrogens (primary N) is 1. The Morgan fingerprint density at radius 1 is 1.44 bits per heavy atom. The zero-order chi connectivity index (χ0) is 12.7. The minimum absolute atomic E-state index is 0.0733. The summed E-state index contributed by atoms with van der Waals surface area (Å²) in [6, 6.07) is 0. The lowest BCUT2D eigenvalue weighted by molar-refractivity contribution is -0.123. The van der Waals surface area contributed by atoms with Crippen LogP contribution in [0.15, 0.2) is 0 Å². The van der Waals surface area contributed by atoms with Crippen LogP contribution in [0.4, 0.5) is 5.69 Å². The predicted molar refractivity (Wildman–Crippen MR) is 63.9 cm³/mol. The number of rotatable bonds is 2. The summed E-state index contributed by atoms with van der Waals surface area (Å²) in [5, 5.41) is 9.52. The molecule has 7 heteroatoms. The summed E-state index contributed by atoms with van der Waals surface area (Å²) >= 11 is 0. The van der Waals surface area contributed by atoms with Gasteiger partial charge in [-0.05, 0) is 12.8 Å². The van der Waals surface area contributed by atoms with Crippen LogP contribution in [0.5, 0.6) is 0 Å². The molecule has 2 aliphatic rings. The molecule has 2 amide bonds. The van der Waals surface area contributed by atoms with Gasteiger partial charge < -0.3 is 16.0 Å². The van der Waals surface area contributed by atoms with E-state index in [1.807, 2.05) is 0 Å². The number of nitrogens with one attached hydrogen (secondary N) is 2. The van der Waals surface area contributed by atoms with Gasteiger partial charge in [-0.3, -0.25) is 14.7 Å². The van der Waals surface area contributed by atoms with Crippen LogP contribution in [-0.2, 0) is 4.79 Å². The second-order valence-corrected chi connectivity index (χ2v) is 4.75. The van der Waals surface area contributed by atoms with Crippen molar-refractivity contribution in [2.45, 2.75) is 18.8 Å². The third-order valence-electron chi connectivity index (χ3n) is 3.35. The Labute approximate surface area is 104 Å². The number of nitrogens with zero attached hydrogens (tertiary/aromatic N) is 2. The summed E-state index contributed by atoms with van der Waals surface area (Å²) < 4.78 is 0. The Hall–Kier alpha value is -2.05. The molecular formula is C11H15N5O2. The maximum atomic E-state index is 12.2. The summed E-state index contributed by atoms with van der Waals surface area (Å²) in [7, 11) is 0. The van der Waals surface area contributed by atoms with Crippen molar-refractivity contribution < 1.29 is 9.59 Å². The van der Waals surface area contributed by atoms with Gasteiger partial charge in [-0.1, -0.05) is 0 Å². The molecule has 18 heavy (non-hydrogen) atoms. The Balaban J connectivity index is 1.81. The van der Waals surface area contributed by atoms with Crippen molar-refractivity contribution in [1.29, 1.82) is 0 Å². The highest BCUT2D eigenvalue weighted by Gasteiger charge is 2.32. The first-order valence-corrected chi connectivity index (χ1v) is 6.06. The number of anilines is 1. The van der Waals surface area contributed by atoms with E-state index in [-0.39, 0.29) is 24.1 Å². The number of piperazine rings is 1. The van der Waals surface area contributed by atoms with Crippen LogP contribution in [0.1, 0.15) is 34.9 Å². The molecule has 7 nitrogen and oxygen atoms in total. The lowest BCUT2D eigenvalue weighted by atomic mass is 10.2. The minimum Gasteiger partial charge on any atom is -0.395 e. The fourth-order valence-electron chi connectivity index (χ4n) is 2.17. The van der Waals surface area contributed by atoms with E-state index in [0.717, 1.165) is 18.5 Å². The Morgan fingerprint density at radius 2 is 2.22 bits per heavy atom. The van der Waals surface area contributed by atoms with E-state index in [1.165, 1.54) is 4.90 Å². The third-order valence-corrected chi connectivity index (χ3v) is 3.35. The number of aromatic amines is 1. The largest absolute Gasteiger partial charge is 0.395 e. The molecular weight excluding hydrogens is 234 g/mol. The first kappa shape index (κ1) is 11.1. The van der Waals surface area contributed by atoms with Crippen LogP contribution in [0.25, 0.3) is 0 Å². The van der Waals surface area contributed by atoms with Gasteiger partial charge in [0.05, 0.1) is 17.9 Å². The van der Waals surface area contributed by atoms with Crippen molar-refractivity contribution in [3.8, 4) is 0 Å². The Kier molecular flexibility index (Phi) is 2.46. The maximum Gasteiger partial charge on any atom is 0.277 e. The van der Waals surface area contributed by atoms with Gasteiger partial charge in [-0.15, -0.1) is 0 Å². The fraction of sp³-hybridized carbons (Fsp3) is 0.545. The lowest BCUT2D eigenvalue weighted by Gasteiger charge is -2.25. The molecule has 1 saturated carbocycles. The molecule has 1 aliphatic heterocycles. The number of aromatic nitrogens is 2. The fourth-order valence-corrected chi connectivity index (χ4v) is 2.17. The lowest BCUT2D eigenvalue weighted by Crippen LogP contribution is -2.50. The van der Waals surface area contributed by atoms with Gasteiger partial charge in [-0.2, -0.15) is 5.10 Å². The molecule has 2 heterocycles. The summed E-state index contributed by atoms with van der Waals surface area (Å²) in [5.41, 5.74) is 7.49. The number of amides is 2. The maximum absolute atomic E-state index is 12.2. The Morgan fingerprint density at radius 3 is 2.89 bits per heavy atom. The van der Waals surface area contributed by atoms with Crippen molar-refractivity contribution in [3.05, 3.63) is 11.4 Å². The molecule has 1 aliphatic carbocycles. The van der Waals surface area contributed by atoms with Crippen molar-refractivity contribution in [2.75, 3.05) is 25.4 Å². The van der Waals surface area contributed by atoms with Crippen LogP contribution < -0.4 is 11.1 Å². The highest BCUT2D eigenvalue weighted by Crippen LogP contribution is 2.42. The molecule has 2 fully saturated rings. The number of hydrogen-bond donors (Lipinski definition) is 3. The molecule has 1 saturated heterocycles. The SMILES string of the molecule is Nc1c(C(=O)N2CCNC(=O)C2)n[nH]c1C1CC1. The van der Waals surface area contributed by atoms with Gasteiger partial charge in [0.25, 0.3) is 5.91 Å². The van der Waals surface area contributed by atoms with Crippen LogP contribution in [0, 0.1) is 0 Å². The van der Waals surface area contributed by atoms with E-state index in [0.29, 0.717) is 24.7 Å². The van der Waals surface area contributed by atoms with Gasteiger partial charge in [0.1, 0.15) is 0 Å². The quantitative estimate of drug-likeness (QED) is 0.653. The van der Waals surface area contributed by atoms with Crippen LogP contribution in [-0.4, -0.2) is 46.5 Å². The van der Waals surface area contributed by atoms with Crippen molar-refractivity contribution in [2.24, 2.45) is 0 Å². The van der Waals surface area contributed by atoms with Gasteiger partial charge in [0.2, 0.25) is 5.91 Å². The normalized spacial score (nSPS) is 19.8. The zero-order valence-corrected chi connectivity index (χ0v) is 9.90. The molecule has 0 unspecified atom stereocenters. The second kappa shape index (κ2) is 4.01. The van der Waals surface area contributed by atoms with Gasteiger partial charge in [-0.25, -0.2) is 0 Å². The van der Waals surface area contributed by atoms with Crippen molar-refractivity contribution in [3.63, 3.8) is 0 Å². The number of H-pyrrole nitrogens is 1. The highest BCUT2D eigenvalue weighted by atomic mass is 16.2. The van der Waals surface area contributed by atoms with E-state index < -0.39 is 0 Å². The summed E-state index contributed by atoms with van der Waals surface area (Å²) in [6.07, 6.45) is 2.18. The van der Waals surface area contributed by atoms with Crippen molar-refractivity contribution in [1.82, 2.24) is 20.4 Å². The topological polar surface area (TPSA) is 104 Å². The molecule has 3 rings (SSSR count). The monoisotopic (exact) mass is 249 g/mol. The van der Waals surface area contributed by atoms with E-state index in [9.17, 15) is 9.59 Å². The van der Waals surface area contributed by atoms with E-state index in [1.54, 1.807) is 0 Å². The molecule has 1 aromatic heterocycles. The molecule has 1 aromatic rings. The number of carbonyl (C=O) groups excluding carboxylic acids is 2. The molecule has 96 valence electrons. The van der Waals surface area contributed by atoms with E-state index >= 15 is 0 Å². The molecule has 0 spiro atoms. The van der Waals surface area contributed by atoms with E-state index in [2.05, 4.69) is 15.5 Å². The van der Waals surface area contributed by atoms with Gasteiger partial charge in [0, 0.05) is 19.0 Å². The van der Waals surface area contributed by atoms with Crippen molar-refractivity contribution >= 4 is 17.5 Å². The number of nitrogen functional groups attached to an aromatic ring is 1. The summed E-state index contributed by atoms with van der Waals surface area (Å²) in [6.45, 7) is 1.05. The van der Waals surface area contributed by atoms with Gasteiger partial charge >= 0.3 is 0 Å². The molecule has 0 aromatic carbocycles.